The summed E-state index contributed by atoms with van der Waals surface area (Å²) in [5.74, 6) is 0. The van der Waals surface area contributed by atoms with Crippen LogP contribution in [0.3, 0.4) is 0 Å². The topological polar surface area (TPSA) is 0 Å². The third-order valence-electron chi connectivity index (χ3n) is 2.97. The van der Waals surface area contributed by atoms with Crippen molar-refractivity contribution in [1.82, 2.24) is 0 Å². The van der Waals surface area contributed by atoms with Gasteiger partial charge in [0.15, 0.2) is 0 Å². The first kappa shape index (κ1) is 6.62. The highest BCUT2D eigenvalue weighted by molar-refractivity contribution is 4.60. The molecule has 2 bridgehead atoms. The predicted octanol–water partition coefficient (Wildman–Crippen LogP) is -0.0156. The maximum Gasteiger partial charge on any atom is 0.207 e. The number of rotatable bonds is 0. The molecule has 0 atom stereocenters. The fourth-order valence-electron chi connectivity index (χ4n) is 1.87. The molecule has 0 aliphatic carbocycles. The van der Waals surface area contributed by atoms with Gasteiger partial charge in [-0.15, -0.1) is 0 Å². The lowest BCUT2D eigenvalue weighted by molar-refractivity contribution is -1.04. The van der Waals surface area contributed by atoms with Crippen molar-refractivity contribution >= 4 is 0 Å². The lowest BCUT2D eigenvalue weighted by Crippen LogP contribution is -2.70. The van der Waals surface area contributed by atoms with Crippen LogP contribution in [0.5, 0.6) is 0 Å². The lowest BCUT2D eigenvalue weighted by Gasteiger charge is -2.50. The minimum Gasteiger partial charge on any atom is -0.297 e. The molecule has 0 unspecified atom stereocenters. The predicted molar refractivity (Wildman–Crippen MR) is 38.3 cm³/mol. The van der Waals surface area contributed by atoms with Crippen LogP contribution in [0.2, 0.25) is 0 Å². The molecule has 0 aromatic rings. The maximum absolute atomic E-state index is 6.03. The van der Waals surface area contributed by atoms with Gasteiger partial charge >= 0.3 is 0 Å². The molecule has 0 saturated carbocycles. The molecule has 0 amide bonds. The van der Waals surface area contributed by atoms with Crippen LogP contribution < -0.4 is 0 Å². The first-order valence-corrected chi connectivity index (χ1v) is 3.91. The number of fused-ring (bicyclic) bond motifs is 3. The summed E-state index contributed by atoms with van der Waals surface area (Å²) >= 11 is 0. The highest BCUT2D eigenvalue weighted by Gasteiger charge is 2.45. The average molecular weight is 138 g/mol. The van der Waals surface area contributed by atoms with Crippen LogP contribution in [0, 0.1) is 14.1 Å². The van der Waals surface area contributed by atoms with Crippen molar-refractivity contribution in [2.24, 2.45) is 0 Å². The number of quaternary nitrogens is 2. The summed E-state index contributed by atoms with van der Waals surface area (Å²) in [4.78, 5) is 0. The summed E-state index contributed by atoms with van der Waals surface area (Å²) in [5.41, 5.74) is 0. The van der Waals surface area contributed by atoms with Crippen LogP contribution in [0.4, 0.5) is 0 Å². The van der Waals surface area contributed by atoms with E-state index in [9.17, 15) is 0 Å². The second-order valence-electron chi connectivity index (χ2n) is 3.78. The zero-order chi connectivity index (χ0) is 7.24. The molecule has 10 heavy (non-hydrogen) atoms. The van der Waals surface area contributed by atoms with E-state index in [4.69, 9.17) is 14.1 Å². The standard InChI is InChI=1S/C8H14N2/c1-9-3-6-10(2,7-4-9)8-5-9/h1-2H,3-8H2/q+2. The van der Waals surface area contributed by atoms with Crippen molar-refractivity contribution in [2.45, 2.75) is 0 Å². The van der Waals surface area contributed by atoms with Gasteiger partial charge in [0, 0.05) is 0 Å². The number of piperazine rings is 3. The largest absolute Gasteiger partial charge is 0.297 e. The van der Waals surface area contributed by atoms with Gasteiger partial charge in [0.05, 0.1) is 0 Å². The minimum absolute atomic E-state index is 0.775. The van der Waals surface area contributed by atoms with Gasteiger partial charge in [0.2, 0.25) is 14.1 Å². The lowest BCUT2D eigenvalue weighted by atomic mass is 10.1. The van der Waals surface area contributed by atoms with Crippen LogP contribution in [0.15, 0.2) is 0 Å². The Kier molecular flexibility index (Phi) is 1.15. The molecular formula is C8H14N2+2. The van der Waals surface area contributed by atoms with Crippen LogP contribution in [-0.2, 0) is 0 Å². The Balaban J connectivity index is 2.16. The third-order valence-corrected chi connectivity index (χ3v) is 2.97. The summed E-state index contributed by atoms with van der Waals surface area (Å²) in [5, 5.41) is 0. The first-order valence-electron chi connectivity index (χ1n) is 3.91. The zero-order valence-corrected chi connectivity index (χ0v) is 6.29. The molecule has 3 aliphatic rings. The average Bonchev–Trinajstić information content (AvgIpc) is 1.93. The van der Waals surface area contributed by atoms with E-state index in [0.717, 1.165) is 48.2 Å². The Morgan fingerprint density at radius 1 is 0.600 bits per heavy atom. The maximum atomic E-state index is 6.03. The molecular weight excluding hydrogens is 124 g/mol. The Morgan fingerprint density at radius 2 is 0.800 bits per heavy atom. The van der Waals surface area contributed by atoms with E-state index in [1.54, 1.807) is 0 Å². The highest BCUT2D eigenvalue weighted by atomic mass is 15.5. The van der Waals surface area contributed by atoms with Gasteiger partial charge in [-0.05, 0) is 0 Å². The first-order chi connectivity index (χ1) is 4.62. The molecule has 54 valence electrons. The molecule has 0 aromatic carbocycles. The van der Waals surface area contributed by atoms with Gasteiger partial charge in [0.1, 0.15) is 39.3 Å². The molecule has 3 fully saturated rings. The van der Waals surface area contributed by atoms with Gasteiger partial charge in [-0.1, -0.05) is 0 Å². The monoisotopic (exact) mass is 138 g/mol. The molecule has 3 heterocycles. The molecule has 0 spiro atoms. The summed E-state index contributed by atoms with van der Waals surface area (Å²) in [6.45, 7) is 6.40. The Labute approximate surface area is 63.2 Å². The van der Waals surface area contributed by atoms with E-state index < -0.39 is 0 Å². The van der Waals surface area contributed by atoms with Crippen LogP contribution in [-0.4, -0.2) is 48.2 Å². The second kappa shape index (κ2) is 1.74. The zero-order valence-electron chi connectivity index (χ0n) is 6.29. The van der Waals surface area contributed by atoms with E-state index in [2.05, 4.69) is 0 Å². The number of hydrogen-bond donors (Lipinski definition) is 0. The fourth-order valence-corrected chi connectivity index (χ4v) is 1.87. The molecule has 3 saturated heterocycles. The summed E-state index contributed by atoms with van der Waals surface area (Å²) in [6.07, 6.45) is 0. The highest BCUT2D eigenvalue weighted by Crippen LogP contribution is 2.23. The third kappa shape index (κ3) is 0.867. The Morgan fingerprint density at radius 3 is 1.00 bits per heavy atom. The van der Waals surface area contributed by atoms with E-state index in [0.29, 0.717) is 0 Å². The van der Waals surface area contributed by atoms with E-state index >= 15 is 0 Å². The van der Waals surface area contributed by atoms with Crippen LogP contribution in [0.25, 0.3) is 0 Å². The van der Waals surface area contributed by atoms with Gasteiger partial charge in [-0.25, -0.2) is 0 Å². The fraction of sp³-hybridized carbons (Fsp3) is 0.750. The van der Waals surface area contributed by atoms with E-state index in [-0.39, 0.29) is 0 Å². The summed E-state index contributed by atoms with van der Waals surface area (Å²) in [7, 11) is 12.1. The Hall–Kier alpha value is -0.0800. The normalized spacial score (nSPS) is 53.4. The van der Waals surface area contributed by atoms with Crippen molar-refractivity contribution in [3.8, 4) is 0 Å². The van der Waals surface area contributed by atoms with Crippen molar-refractivity contribution in [2.75, 3.05) is 39.3 Å². The van der Waals surface area contributed by atoms with Crippen LogP contribution in [0.1, 0.15) is 0 Å². The molecule has 2 heteroatoms. The van der Waals surface area contributed by atoms with Gasteiger partial charge in [-0.3, -0.25) is 8.97 Å². The van der Waals surface area contributed by atoms with Crippen molar-refractivity contribution < 1.29 is 8.97 Å². The van der Waals surface area contributed by atoms with E-state index in [1.807, 2.05) is 0 Å². The molecule has 0 aromatic heterocycles. The number of nitrogens with zero attached hydrogens (tertiary/aromatic N) is 2. The number of hydrogen-bond acceptors (Lipinski definition) is 0. The summed E-state index contributed by atoms with van der Waals surface area (Å²) in [6, 6.07) is 0. The molecule has 4 radical (unpaired) electrons. The van der Waals surface area contributed by atoms with Crippen molar-refractivity contribution in [1.29, 1.82) is 0 Å². The quantitative estimate of drug-likeness (QED) is 0.413. The van der Waals surface area contributed by atoms with Gasteiger partial charge < -0.3 is 0 Å². The van der Waals surface area contributed by atoms with Crippen molar-refractivity contribution in [3.63, 3.8) is 0 Å². The molecule has 0 N–H and O–H groups in total. The smallest absolute Gasteiger partial charge is 0.207 e. The molecule has 2 nitrogen and oxygen atoms in total. The van der Waals surface area contributed by atoms with E-state index in [1.165, 1.54) is 0 Å². The minimum atomic E-state index is 0.775. The summed E-state index contributed by atoms with van der Waals surface area (Å²) < 4.78 is 1.55. The van der Waals surface area contributed by atoms with Crippen LogP contribution >= 0.6 is 0 Å². The van der Waals surface area contributed by atoms with Gasteiger partial charge in [0.25, 0.3) is 0 Å². The van der Waals surface area contributed by atoms with Gasteiger partial charge in [-0.2, -0.15) is 0 Å². The second-order valence-corrected chi connectivity index (χ2v) is 3.78. The Bertz CT molecular complexity index is 111. The SMILES string of the molecule is [CH][N+]12CC[N+]([CH])(CC1)CC2. The molecule has 3 rings (SSSR count). The van der Waals surface area contributed by atoms with Crippen molar-refractivity contribution in [3.05, 3.63) is 14.1 Å². The molecule has 3 aliphatic heterocycles.